The number of nitrogens with two attached hydrogens (primary N) is 1. The summed E-state index contributed by atoms with van der Waals surface area (Å²) in [6.45, 7) is 5.23. The van der Waals surface area contributed by atoms with Gasteiger partial charge in [-0.1, -0.05) is 0 Å². The number of esters is 1. The van der Waals surface area contributed by atoms with E-state index in [1.807, 2.05) is 0 Å². The van der Waals surface area contributed by atoms with Gasteiger partial charge in [0.2, 0.25) is 11.6 Å². The minimum absolute atomic E-state index is 0.0600. The number of ketones is 1. The van der Waals surface area contributed by atoms with Gasteiger partial charge >= 0.3 is 5.97 Å². The van der Waals surface area contributed by atoms with Gasteiger partial charge in [0.05, 0.1) is 13.4 Å². The van der Waals surface area contributed by atoms with Crippen LogP contribution in [0.5, 0.6) is 5.75 Å². The van der Waals surface area contributed by atoms with Gasteiger partial charge < -0.3 is 19.8 Å². The van der Waals surface area contributed by atoms with Crippen LogP contribution in [0.15, 0.2) is 30.6 Å². The van der Waals surface area contributed by atoms with Crippen LogP contribution in [0.3, 0.4) is 0 Å². The molecule has 0 aliphatic heterocycles. The molecule has 2 heterocycles. The van der Waals surface area contributed by atoms with E-state index in [9.17, 15) is 9.59 Å². The van der Waals surface area contributed by atoms with Gasteiger partial charge in [0.25, 0.3) is 0 Å². The molecule has 0 atom stereocenters. The van der Waals surface area contributed by atoms with E-state index in [1.165, 1.54) is 10.9 Å². The first-order valence-electron chi connectivity index (χ1n) is 8.57. The third kappa shape index (κ3) is 4.08. The zero-order chi connectivity index (χ0) is 20.5. The number of hydrogen-bond acceptors (Lipinski definition) is 8. The molecule has 2 aromatic heterocycles. The minimum Gasteiger partial charge on any atom is -0.497 e. The lowest BCUT2D eigenvalue weighted by Crippen LogP contribution is -2.26. The summed E-state index contributed by atoms with van der Waals surface area (Å²) >= 11 is 0. The molecule has 0 amide bonds. The highest BCUT2D eigenvalue weighted by Gasteiger charge is 2.21. The van der Waals surface area contributed by atoms with Crippen molar-refractivity contribution in [2.75, 3.05) is 12.8 Å². The summed E-state index contributed by atoms with van der Waals surface area (Å²) in [7, 11) is 1.54. The third-order valence-electron chi connectivity index (χ3n) is 3.77. The number of methoxy groups -OCH3 is 1. The number of imidazole rings is 1. The van der Waals surface area contributed by atoms with E-state index in [4.69, 9.17) is 15.2 Å². The monoisotopic (exact) mass is 383 g/mol. The van der Waals surface area contributed by atoms with Crippen molar-refractivity contribution in [1.82, 2.24) is 19.5 Å². The Bertz CT molecular complexity index is 1030. The van der Waals surface area contributed by atoms with E-state index >= 15 is 0 Å². The summed E-state index contributed by atoms with van der Waals surface area (Å²) in [5.41, 5.74) is 6.32. The van der Waals surface area contributed by atoms with Crippen LogP contribution in [-0.4, -0.2) is 44.0 Å². The van der Waals surface area contributed by atoms with Gasteiger partial charge in [0, 0.05) is 5.56 Å². The number of hydrogen-bond donors (Lipinski definition) is 1. The largest absolute Gasteiger partial charge is 0.497 e. The predicted octanol–water partition coefficient (Wildman–Crippen LogP) is 1.99. The van der Waals surface area contributed by atoms with Crippen molar-refractivity contribution < 1.29 is 19.1 Å². The topological polar surface area (TPSA) is 122 Å². The average molecular weight is 383 g/mol. The number of ether oxygens (including phenoxy) is 2. The molecule has 0 bridgehead atoms. The van der Waals surface area contributed by atoms with Crippen LogP contribution >= 0.6 is 0 Å². The van der Waals surface area contributed by atoms with Gasteiger partial charge in [-0.05, 0) is 45.0 Å². The SMILES string of the molecule is COc1ccc(C(=O)c2nc(N)c3ncn(CC(=O)OC(C)(C)C)c3n2)cc1. The molecule has 0 aliphatic carbocycles. The van der Waals surface area contributed by atoms with Crippen LogP contribution in [-0.2, 0) is 16.1 Å². The summed E-state index contributed by atoms with van der Waals surface area (Å²) in [6, 6.07) is 6.57. The highest BCUT2D eigenvalue weighted by atomic mass is 16.6. The first kappa shape index (κ1) is 19.3. The number of aromatic nitrogens is 4. The number of rotatable bonds is 5. The Morgan fingerprint density at radius 3 is 2.43 bits per heavy atom. The van der Waals surface area contributed by atoms with Crippen molar-refractivity contribution in [2.45, 2.75) is 32.9 Å². The van der Waals surface area contributed by atoms with Crippen LogP contribution in [0.4, 0.5) is 5.82 Å². The predicted molar refractivity (Wildman–Crippen MR) is 102 cm³/mol. The number of benzene rings is 1. The molecule has 28 heavy (non-hydrogen) atoms. The highest BCUT2D eigenvalue weighted by Crippen LogP contribution is 2.19. The minimum atomic E-state index is -0.614. The maximum atomic E-state index is 12.7. The number of carbonyl (C=O) groups excluding carboxylic acids is 2. The van der Waals surface area contributed by atoms with Crippen LogP contribution < -0.4 is 10.5 Å². The summed E-state index contributed by atoms with van der Waals surface area (Å²) in [6.07, 6.45) is 1.42. The van der Waals surface area contributed by atoms with E-state index in [0.717, 1.165) is 0 Å². The Labute approximate surface area is 161 Å². The second-order valence-electron chi connectivity index (χ2n) is 7.12. The molecular weight excluding hydrogens is 362 g/mol. The smallest absolute Gasteiger partial charge is 0.326 e. The van der Waals surface area contributed by atoms with Crippen molar-refractivity contribution in [3.05, 3.63) is 42.0 Å². The Morgan fingerprint density at radius 1 is 1.14 bits per heavy atom. The van der Waals surface area contributed by atoms with Crippen molar-refractivity contribution in [1.29, 1.82) is 0 Å². The molecule has 1 aromatic carbocycles. The normalized spacial score (nSPS) is 11.4. The highest BCUT2D eigenvalue weighted by molar-refractivity contribution is 6.07. The molecular formula is C19H21N5O4. The second-order valence-corrected chi connectivity index (χ2v) is 7.12. The zero-order valence-electron chi connectivity index (χ0n) is 16.1. The molecule has 0 saturated carbocycles. The molecule has 9 nitrogen and oxygen atoms in total. The van der Waals surface area contributed by atoms with Crippen LogP contribution in [0.2, 0.25) is 0 Å². The second kappa shape index (κ2) is 7.26. The Hall–Kier alpha value is -3.49. The molecule has 2 N–H and O–H groups in total. The molecule has 0 radical (unpaired) electrons. The van der Waals surface area contributed by atoms with E-state index in [2.05, 4.69) is 15.0 Å². The summed E-state index contributed by atoms with van der Waals surface area (Å²) in [5, 5.41) is 0. The van der Waals surface area contributed by atoms with Gasteiger partial charge in [-0.25, -0.2) is 15.0 Å². The fraction of sp³-hybridized carbons (Fsp3) is 0.316. The summed E-state index contributed by atoms with van der Waals surface area (Å²) in [4.78, 5) is 37.4. The lowest BCUT2D eigenvalue weighted by Gasteiger charge is -2.19. The molecule has 3 aromatic rings. The lowest BCUT2D eigenvalue weighted by atomic mass is 10.1. The van der Waals surface area contributed by atoms with E-state index in [-0.39, 0.29) is 23.8 Å². The Balaban J connectivity index is 1.94. The zero-order valence-corrected chi connectivity index (χ0v) is 16.1. The quantitative estimate of drug-likeness (QED) is 0.524. The standard InChI is InChI=1S/C19H21N5O4/c1-19(2,3)28-13(25)9-24-10-21-14-16(20)22-17(23-18(14)24)15(26)11-5-7-12(27-4)8-6-11/h5-8,10H,9H2,1-4H3,(H2,20,22,23). The van der Waals surface area contributed by atoms with Gasteiger partial charge in [0.1, 0.15) is 23.4 Å². The maximum Gasteiger partial charge on any atom is 0.326 e. The third-order valence-corrected chi connectivity index (χ3v) is 3.77. The first-order valence-corrected chi connectivity index (χ1v) is 8.57. The van der Waals surface area contributed by atoms with Crippen molar-refractivity contribution >= 4 is 28.7 Å². The molecule has 9 heteroatoms. The fourth-order valence-corrected chi connectivity index (χ4v) is 2.57. The first-order chi connectivity index (χ1) is 13.2. The van der Waals surface area contributed by atoms with Gasteiger partial charge in [-0.15, -0.1) is 0 Å². The molecule has 3 rings (SSSR count). The fourth-order valence-electron chi connectivity index (χ4n) is 2.57. The number of anilines is 1. The number of carbonyl (C=O) groups is 2. The van der Waals surface area contributed by atoms with Crippen molar-refractivity contribution in [3.8, 4) is 5.75 Å². The lowest BCUT2D eigenvalue weighted by molar-refractivity contribution is -0.155. The van der Waals surface area contributed by atoms with Crippen molar-refractivity contribution in [2.24, 2.45) is 0 Å². The maximum absolute atomic E-state index is 12.7. The van der Waals surface area contributed by atoms with Gasteiger partial charge in [-0.2, -0.15) is 0 Å². The molecule has 0 fully saturated rings. The molecule has 0 aliphatic rings. The summed E-state index contributed by atoms with van der Waals surface area (Å²) < 4.78 is 11.9. The van der Waals surface area contributed by atoms with E-state index in [1.54, 1.807) is 52.1 Å². The van der Waals surface area contributed by atoms with E-state index in [0.29, 0.717) is 16.8 Å². The average Bonchev–Trinajstić information content (AvgIpc) is 3.03. The summed E-state index contributed by atoms with van der Waals surface area (Å²) in [5.74, 6) is -0.248. The molecule has 0 spiro atoms. The van der Waals surface area contributed by atoms with Crippen LogP contribution in [0.25, 0.3) is 11.2 Å². The molecule has 0 unspecified atom stereocenters. The Morgan fingerprint density at radius 2 is 1.82 bits per heavy atom. The van der Waals surface area contributed by atoms with Gasteiger partial charge in [-0.3, -0.25) is 9.59 Å². The van der Waals surface area contributed by atoms with Crippen LogP contribution in [0.1, 0.15) is 37.0 Å². The number of nitrogens with zero attached hydrogens (tertiary/aromatic N) is 4. The van der Waals surface area contributed by atoms with Gasteiger partial charge in [0.15, 0.2) is 11.5 Å². The van der Waals surface area contributed by atoms with Crippen molar-refractivity contribution in [3.63, 3.8) is 0 Å². The van der Waals surface area contributed by atoms with E-state index < -0.39 is 17.4 Å². The molecule has 146 valence electrons. The molecule has 0 saturated heterocycles. The number of nitrogen functional groups attached to an aromatic ring is 1. The number of fused-ring (bicyclic) bond motifs is 1. The Kier molecular flexibility index (Phi) is 5.00. The van der Waals surface area contributed by atoms with Crippen LogP contribution in [0, 0.1) is 0 Å².